The fourth-order valence-electron chi connectivity index (χ4n) is 8.26. The summed E-state index contributed by atoms with van der Waals surface area (Å²) in [6, 6.07) is 12.8. The van der Waals surface area contributed by atoms with Crippen molar-refractivity contribution < 1.29 is 54.9 Å². The Labute approximate surface area is 428 Å². The van der Waals surface area contributed by atoms with Crippen LogP contribution in [0.25, 0.3) is 0 Å². The summed E-state index contributed by atoms with van der Waals surface area (Å²) < 4.78 is 107. The number of alkyl halides is 6. The van der Waals surface area contributed by atoms with Crippen LogP contribution in [0.5, 0.6) is 0 Å². The molecule has 0 radical (unpaired) electrons. The molecule has 1 amide bonds. The highest BCUT2D eigenvalue weighted by atomic mass is 35.5. The van der Waals surface area contributed by atoms with Gasteiger partial charge in [-0.2, -0.15) is 0 Å². The van der Waals surface area contributed by atoms with E-state index in [0.29, 0.717) is 11.4 Å². The van der Waals surface area contributed by atoms with E-state index >= 15 is 0 Å². The average Bonchev–Trinajstić information content (AvgIpc) is 3.28. The summed E-state index contributed by atoms with van der Waals surface area (Å²) >= 11 is 23.7. The van der Waals surface area contributed by atoms with Crippen LogP contribution in [0.3, 0.4) is 0 Å². The third-order valence-corrected chi connectivity index (χ3v) is 16.0. The van der Waals surface area contributed by atoms with Crippen molar-refractivity contribution in [2.45, 2.75) is 162 Å². The number of nitrogens with one attached hydrogen (secondary N) is 2. The molecular weight excluding hydrogens is 1050 g/mol. The van der Waals surface area contributed by atoms with Gasteiger partial charge in [-0.3, -0.25) is 9.78 Å². The number of aromatic nitrogens is 4. The highest BCUT2D eigenvalue weighted by Crippen LogP contribution is 2.47. The van der Waals surface area contributed by atoms with Crippen LogP contribution in [0.15, 0.2) is 66.9 Å². The van der Waals surface area contributed by atoms with Gasteiger partial charge < -0.3 is 26.4 Å². The standard InChI is InChI=1S/C19H19Cl2F2N3O2.C16H23ClF2N2O3S.C12H15ClF2N2O/c1-11-9-12(13(20)10-24-11)17(27)26-16(14-3-2-4-15(21)25-14)18(28)5-7-19(22,23)8-6-18;1-14(2,3)25(23,24)21-13(11-5-4-6-12(17)20-11)15(22)7-9-16(18,19)10-8-15;13-9-3-1-2-8(17-9)10(16)11(18)4-6-12(14,15)7-5-11/h2-4,9-10,16,28H,5-8H2,1H3,(H,26,27);4-6,13,21-22H,7-10H2,1-3H3;1-3,10,18H,4-7,16H2. The highest BCUT2D eigenvalue weighted by molar-refractivity contribution is 7.90. The number of amides is 1. The maximum absolute atomic E-state index is 13.6. The molecule has 0 aliphatic heterocycles. The average molecular weight is 1100 g/mol. The minimum Gasteiger partial charge on any atom is -0.388 e. The quantitative estimate of drug-likeness (QED) is 0.0649. The van der Waals surface area contributed by atoms with Crippen LogP contribution in [0, 0.1) is 6.92 Å². The molecule has 13 nitrogen and oxygen atoms in total. The summed E-state index contributed by atoms with van der Waals surface area (Å²) in [5.74, 6) is -8.96. The van der Waals surface area contributed by atoms with Gasteiger partial charge in [-0.25, -0.2) is 54.4 Å². The summed E-state index contributed by atoms with van der Waals surface area (Å²) in [6.45, 7) is 6.24. The van der Waals surface area contributed by atoms with E-state index in [4.69, 9.17) is 52.1 Å². The number of carbonyl (C=O) groups excluding carboxylic acids is 1. The molecular formula is C47H57Cl4F6N7O6S. The molecule has 3 fully saturated rings. The van der Waals surface area contributed by atoms with E-state index in [2.05, 4.69) is 30.0 Å². The van der Waals surface area contributed by atoms with Crippen molar-refractivity contribution in [1.29, 1.82) is 0 Å². The first kappa shape index (κ1) is 58.4. The molecule has 0 bridgehead atoms. The fourth-order valence-corrected chi connectivity index (χ4v) is 9.97. The molecule has 4 aromatic heterocycles. The second-order valence-corrected chi connectivity index (χ2v) is 23.4. The number of pyridine rings is 4. The lowest BCUT2D eigenvalue weighted by molar-refractivity contribution is -0.116. The SMILES string of the molecule is CC(C)(C)S(=O)(=O)NC(c1cccc(Cl)n1)C1(O)CCC(F)(F)CC1.Cc1cc(C(=O)NC(c2cccc(Cl)n2)C2(O)CCC(F)(F)CC2)c(Cl)cn1.NC(c1cccc(Cl)n1)C1(O)CCC(F)(F)CC1. The van der Waals surface area contributed by atoms with Gasteiger partial charge in [0.25, 0.3) is 5.91 Å². The number of sulfonamides is 1. The van der Waals surface area contributed by atoms with E-state index in [-0.39, 0.29) is 88.8 Å². The Morgan fingerprint density at radius 1 is 0.634 bits per heavy atom. The van der Waals surface area contributed by atoms with Crippen molar-refractivity contribution in [2.24, 2.45) is 5.73 Å². The van der Waals surface area contributed by atoms with Gasteiger partial charge in [0, 0.05) is 50.4 Å². The van der Waals surface area contributed by atoms with E-state index < -0.39 is 99.1 Å². The third-order valence-electron chi connectivity index (χ3n) is 12.9. The van der Waals surface area contributed by atoms with Crippen molar-refractivity contribution >= 4 is 62.3 Å². The van der Waals surface area contributed by atoms with E-state index in [9.17, 15) is 54.9 Å². The Morgan fingerprint density at radius 3 is 1.41 bits per heavy atom. The molecule has 3 aliphatic carbocycles. The Morgan fingerprint density at radius 2 is 1.00 bits per heavy atom. The molecule has 392 valence electrons. The van der Waals surface area contributed by atoms with Crippen LogP contribution < -0.4 is 15.8 Å². The predicted octanol–water partition coefficient (Wildman–Crippen LogP) is 10.6. The monoisotopic (exact) mass is 1100 g/mol. The van der Waals surface area contributed by atoms with E-state index in [1.54, 1.807) is 49.4 Å². The second kappa shape index (κ2) is 22.6. The Bertz CT molecular complexity index is 2590. The number of nitrogens with zero attached hydrogens (tertiary/aromatic N) is 4. The Kier molecular flexibility index (Phi) is 18.6. The summed E-state index contributed by atoms with van der Waals surface area (Å²) in [6.07, 6.45) is -2.27. The van der Waals surface area contributed by atoms with E-state index in [0.717, 1.165) is 0 Å². The molecule has 3 atom stereocenters. The lowest BCUT2D eigenvalue weighted by Crippen LogP contribution is -2.52. The molecule has 0 saturated heterocycles. The number of aryl methyl sites for hydroxylation is 1. The Hall–Kier alpha value is -3.44. The van der Waals surface area contributed by atoms with Gasteiger partial charge >= 0.3 is 0 Å². The highest BCUT2D eigenvalue weighted by Gasteiger charge is 2.51. The van der Waals surface area contributed by atoms with Crippen LogP contribution in [0.2, 0.25) is 20.5 Å². The normalized spacial score (nSPS) is 21.2. The van der Waals surface area contributed by atoms with Gasteiger partial charge in [0.1, 0.15) is 21.5 Å². The predicted molar refractivity (Wildman–Crippen MR) is 259 cm³/mol. The number of carbonyl (C=O) groups is 1. The van der Waals surface area contributed by atoms with Gasteiger partial charge in [0.2, 0.25) is 27.8 Å². The van der Waals surface area contributed by atoms with Gasteiger partial charge in [-0.05, 0) is 109 Å². The van der Waals surface area contributed by atoms with Crippen LogP contribution in [-0.4, -0.2) is 88.9 Å². The van der Waals surface area contributed by atoms with Crippen molar-refractivity contribution in [3.8, 4) is 0 Å². The maximum Gasteiger partial charge on any atom is 0.253 e. The number of hydrogen-bond donors (Lipinski definition) is 6. The van der Waals surface area contributed by atoms with Crippen LogP contribution in [0.4, 0.5) is 26.3 Å². The molecule has 4 aromatic rings. The molecule has 3 unspecified atom stereocenters. The number of hydrogen-bond acceptors (Lipinski definition) is 11. The molecule has 3 aliphatic rings. The molecule has 4 heterocycles. The van der Waals surface area contributed by atoms with Crippen LogP contribution >= 0.6 is 46.4 Å². The van der Waals surface area contributed by atoms with Gasteiger partial charge in [0.15, 0.2) is 0 Å². The van der Waals surface area contributed by atoms with E-state index in [1.165, 1.54) is 45.2 Å². The number of nitrogens with two attached hydrogens (primary N) is 1. The lowest BCUT2D eigenvalue weighted by atomic mass is 9.76. The van der Waals surface area contributed by atoms with Crippen molar-refractivity contribution in [1.82, 2.24) is 30.0 Å². The van der Waals surface area contributed by atoms with Crippen molar-refractivity contribution in [3.63, 3.8) is 0 Å². The summed E-state index contributed by atoms with van der Waals surface area (Å²) in [7, 11) is -3.85. The number of rotatable bonds is 10. The first-order chi connectivity index (χ1) is 32.7. The zero-order valence-corrected chi connectivity index (χ0v) is 43.0. The van der Waals surface area contributed by atoms with E-state index in [1.807, 2.05) is 0 Å². The van der Waals surface area contributed by atoms with Gasteiger partial charge in [-0.1, -0.05) is 64.6 Å². The number of halogens is 10. The summed E-state index contributed by atoms with van der Waals surface area (Å²) in [4.78, 5) is 29.2. The minimum absolute atomic E-state index is 0.0324. The molecule has 7 N–H and O–H groups in total. The topological polar surface area (TPSA) is 214 Å². The molecule has 7 rings (SSSR count). The molecule has 71 heavy (non-hydrogen) atoms. The zero-order chi connectivity index (χ0) is 53.0. The molecule has 0 spiro atoms. The second-order valence-electron chi connectivity index (χ2n) is 19.4. The zero-order valence-electron chi connectivity index (χ0n) is 39.2. The van der Waals surface area contributed by atoms with Gasteiger partial charge in [-0.15, -0.1) is 0 Å². The summed E-state index contributed by atoms with van der Waals surface area (Å²) in [5.41, 5.74) is 3.02. The smallest absolute Gasteiger partial charge is 0.253 e. The largest absolute Gasteiger partial charge is 0.388 e. The lowest BCUT2D eigenvalue weighted by Gasteiger charge is -2.42. The molecule has 24 heteroatoms. The first-order valence-corrected chi connectivity index (χ1v) is 25.6. The third kappa shape index (κ3) is 15.6. The molecule has 0 aromatic carbocycles. The summed E-state index contributed by atoms with van der Waals surface area (Å²) in [5, 5.41) is 35.9. The van der Waals surface area contributed by atoms with Crippen molar-refractivity contribution in [3.05, 3.63) is 116 Å². The minimum atomic E-state index is -3.85. The molecule has 3 saturated carbocycles. The van der Waals surface area contributed by atoms with Gasteiger partial charge in [0.05, 0.1) is 61.3 Å². The maximum atomic E-state index is 13.6. The van der Waals surface area contributed by atoms with Crippen LogP contribution in [0.1, 0.15) is 149 Å². The first-order valence-electron chi connectivity index (χ1n) is 22.6. The Balaban J connectivity index is 0.000000203. The number of aliphatic hydroxyl groups is 3. The van der Waals surface area contributed by atoms with Crippen LogP contribution in [-0.2, 0) is 10.0 Å². The fraction of sp³-hybridized carbons (Fsp3) is 0.553. The van der Waals surface area contributed by atoms with Crippen molar-refractivity contribution in [2.75, 3.05) is 0 Å².